The highest BCUT2D eigenvalue weighted by molar-refractivity contribution is 5.95. The number of benzene rings is 1. The second-order valence-electron chi connectivity index (χ2n) is 2.87. The average molecular weight is 232 g/mol. The molecule has 0 aromatic heterocycles. The Hall–Kier alpha value is -2.05. The van der Waals surface area contributed by atoms with Gasteiger partial charge in [-0.05, 0) is 6.07 Å². The van der Waals surface area contributed by atoms with Crippen LogP contribution in [0.3, 0.4) is 0 Å². The van der Waals surface area contributed by atoms with Gasteiger partial charge in [-0.2, -0.15) is 4.39 Å². The molecule has 1 aromatic carbocycles. The number of amidine groups is 1. The first kappa shape index (κ1) is 12.0. The number of carbonyl (C=O) groups is 1. The molecular formula is C9H7F3N2O2. The summed E-state index contributed by atoms with van der Waals surface area (Å²) in [6, 6.07) is 0.650. The Balaban J connectivity index is 3.40. The number of ether oxygens (including phenoxy) is 1. The number of hydrogen-bond donors (Lipinski definition) is 2. The highest BCUT2D eigenvalue weighted by Crippen LogP contribution is 2.25. The largest absolute Gasteiger partial charge is 0.423 e. The molecule has 7 heteroatoms. The van der Waals surface area contributed by atoms with Crippen LogP contribution in [0.5, 0.6) is 5.75 Å². The molecule has 0 spiro atoms. The fraction of sp³-hybridized carbons (Fsp3) is 0.111. The molecule has 3 N–H and O–H groups in total. The molecule has 0 aliphatic rings. The maximum Gasteiger partial charge on any atom is 0.308 e. The predicted molar refractivity (Wildman–Crippen MR) is 48.6 cm³/mol. The number of carbonyl (C=O) groups excluding carboxylic acids is 1. The van der Waals surface area contributed by atoms with Gasteiger partial charge in [0.2, 0.25) is 5.82 Å². The number of hydrogen-bond acceptors (Lipinski definition) is 3. The van der Waals surface area contributed by atoms with E-state index in [1.165, 1.54) is 0 Å². The van der Waals surface area contributed by atoms with E-state index in [4.69, 9.17) is 11.1 Å². The molecule has 1 rings (SSSR count). The van der Waals surface area contributed by atoms with Gasteiger partial charge < -0.3 is 10.5 Å². The van der Waals surface area contributed by atoms with Gasteiger partial charge >= 0.3 is 5.97 Å². The van der Waals surface area contributed by atoms with Crippen LogP contribution in [-0.4, -0.2) is 11.8 Å². The van der Waals surface area contributed by atoms with Crippen LogP contribution in [0.1, 0.15) is 12.5 Å². The van der Waals surface area contributed by atoms with E-state index in [-0.39, 0.29) is 0 Å². The lowest BCUT2D eigenvalue weighted by molar-refractivity contribution is -0.132. The third kappa shape index (κ3) is 2.13. The van der Waals surface area contributed by atoms with Crippen LogP contribution < -0.4 is 10.5 Å². The minimum Gasteiger partial charge on any atom is -0.423 e. The molecule has 0 heterocycles. The van der Waals surface area contributed by atoms with Crippen molar-refractivity contribution in [3.05, 3.63) is 29.1 Å². The van der Waals surface area contributed by atoms with E-state index in [9.17, 15) is 18.0 Å². The number of rotatable bonds is 2. The molecule has 0 saturated carbocycles. The summed E-state index contributed by atoms with van der Waals surface area (Å²) in [5.74, 6) is -7.59. The number of nitrogens with one attached hydrogen (secondary N) is 1. The van der Waals surface area contributed by atoms with Crippen LogP contribution in [0.4, 0.5) is 13.2 Å². The lowest BCUT2D eigenvalue weighted by Gasteiger charge is -2.07. The van der Waals surface area contributed by atoms with Crippen LogP contribution in [0.2, 0.25) is 0 Å². The van der Waals surface area contributed by atoms with E-state index >= 15 is 0 Å². The van der Waals surface area contributed by atoms with Crippen molar-refractivity contribution in [3.8, 4) is 5.75 Å². The number of nitrogen functional groups attached to an aromatic ring is 1. The van der Waals surface area contributed by atoms with Crippen molar-refractivity contribution in [1.29, 1.82) is 5.41 Å². The van der Waals surface area contributed by atoms with Crippen LogP contribution >= 0.6 is 0 Å². The van der Waals surface area contributed by atoms with Crippen molar-refractivity contribution in [2.45, 2.75) is 6.92 Å². The van der Waals surface area contributed by atoms with Crippen molar-refractivity contribution in [3.63, 3.8) is 0 Å². The standard InChI is InChI=1S/C9H7F3N2O2/c1-3(15)16-5-2-4(9(13)14)6(10)8(12)7(5)11/h2H,1H3,(H3,13,14). The Morgan fingerprint density at radius 1 is 1.31 bits per heavy atom. The molecule has 1 aromatic rings. The second-order valence-corrected chi connectivity index (χ2v) is 2.87. The summed E-state index contributed by atoms with van der Waals surface area (Å²) in [5.41, 5.74) is 4.28. The highest BCUT2D eigenvalue weighted by Gasteiger charge is 2.21. The zero-order valence-corrected chi connectivity index (χ0v) is 8.11. The summed E-state index contributed by atoms with van der Waals surface area (Å²) < 4.78 is 43.4. The van der Waals surface area contributed by atoms with Gasteiger partial charge in [0, 0.05) is 6.92 Å². The third-order valence-corrected chi connectivity index (χ3v) is 1.66. The number of nitrogens with two attached hydrogens (primary N) is 1. The lowest BCUT2D eigenvalue weighted by Crippen LogP contribution is -2.16. The summed E-state index contributed by atoms with van der Waals surface area (Å²) >= 11 is 0. The molecular weight excluding hydrogens is 225 g/mol. The third-order valence-electron chi connectivity index (χ3n) is 1.66. The van der Waals surface area contributed by atoms with E-state index in [1.54, 1.807) is 0 Å². The molecule has 86 valence electrons. The van der Waals surface area contributed by atoms with Gasteiger partial charge in [0.1, 0.15) is 5.84 Å². The Morgan fingerprint density at radius 3 is 2.31 bits per heavy atom. The summed E-state index contributed by atoms with van der Waals surface area (Å²) in [5, 5.41) is 6.93. The van der Waals surface area contributed by atoms with E-state index in [0.717, 1.165) is 6.92 Å². The van der Waals surface area contributed by atoms with E-state index in [1.807, 2.05) is 0 Å². The van der Waals surface area contributed by atoms with Crippen LogP contribution in [-0.2, 0) is 4.79 Å². The zero-order chi connectivity index (χ0) is 12.5. The first-order valence-corrected chi connectivity index (χ1v) is 4.05. The molecule has 0 aliphatic heterocycles. The lowest BCUT2D eigenvalue weighted by atomic mass is 10.1. The van der Waals surface area contributed by atoms with Gasteiger partial charge in [0.25, 0.3) is 0 Å². The zero-order valence-electron chi connectivity index (χ0n) is 8.11. The van der Waals surface area contributed by atoms with Gasteiger partial charge in [0.05, 0.1) is 5.56 Å². The minimum absolute atomic E-state index is 0.650. The molecule has 0 aliphatic carbocycles. The van der Waals surface area contributed by atoms with E-state index < -0.39 is 40.6 Å². The van der Waals surface area contributed by atoms with Crippen molar-refractivity contribution in [1.82, 2.24) is 0 Å². The molecule has 0 bridgehead atoms. The van der Waals surface area contributed by atoms with Gasteiger partial charge in [-0.3, -0.25) is 10.2 Å². The normalized spacial score (nSPS) is 10.0. The minimum atomic E-state index is -1.84. The Morgan fingerprint density at radius 2 is 1.88 bits per heavy atom. The smallest absolute Gasteiger partial charge is 0.308 e. The summed E-state index contributed by atoms with van der Waals surface area (Å²) in [6.45, 7) is 0.966. The predicted octanol–water partition coefficient (Wildman–Crippen LogP) is 1.31. The Labute approximate surface area is 88.3 Å². The van der Waals surface area contributed by atoms with E-state index in [2.05, 4.69) is 4.74 Å². The topological polar surface area (TPSA) is 76.2 Å². The van der Waals surface area contributed by atoms with Crippen molar-refractivity contribution in [2.24, 2.45) is 5.73 Å². The summed E-state index contributed by atoms with van der Waals surface area (Å²) in [4.78, 5) is 10.6. The molecule has 0 radical (unpaired) electrons. The molecule has 16 heavy (non-hydrogen) atoms. The van der Waals surface area contributed by atoms with Crippen molar-refractivity contribution >= 4 is 11.8 Å². The molecule has 0 atom stereocenters. The van der Waals surface area contributed by atoms with Gasteiger partial charge in [-0.1, -0.05) is 0 Å². The van der Waals surface area contributed by atoms with Crippen LogP contribution in [0.25, 0.3) is 0 Å². The average Bonchev–Trinajstić information content (AvgIpc) is 2.18. The van der Waals surface area contributed by atoms with Gasteiger partial charge in [-0.15, -0.1) is 0 Å². The van der Waals surface area contributed by atoms with E-state index in [0.29, 0.717) is 6.07 Å². The first-order valence-electron chi connectivity index (χ1n) is 4.05. The second kappa shape index (κ2) is 4.21. The van der Waals surface area contributed by atoms with Crippen LogP contribution in [0.15, 0.2) is 6.07 Å². The SMILES string of the molecule is CC(=O)Oc1cc(C(=N)N)c(F)c(F)c1F. The molecule has 0 fully saturated rings. The van der Waals surface area contributed by atoms with Crippen LogP contribution in [0, 0.1) is 22.9 Å². The Bertz CT molecular complexity index is 474. The summed E-state index contributed by atoms with van der Waals surface area (Å²) in [6.07, 6.45) is 0. The first-order chi connectivity index (χ1) is 7.34. The fourth-order valence-electron chi connectivity index (χ4n) is 1.01. The molecule has 0 saturated heterocycles. The molecule has 0 unspecified atom stereocenters. The Kier molecular flexibility index (Phi) is 3.17. The molecule has 4 nitrogen and oxygen atoms in total. The van der Waals surface area contributed by atoms with Crippen molar-refractivity contribution < 1.29 is 22.7 Å². The number of esters is 1. The maximum atomic E-state index is 13.1. The van der Waals surface area contributed by atoms with Crippen molar-refractivity contribution in [2.75, 3.05) is 0 Å². The highest BCUT2D eigenvalue weighted by atomic mass is 19.2. The monoisotopic (exact) mass is 232 g/mol. The van der Waals surface area contributed by atoms with Gasteiger partial charge in [0.15, 0.2) is 17.4 Å². The molecule has 0 amide bonds. The quantitative estimate of drug-likeness (QED) is 0.265. The van der Waals surface area contributed by atoms with Gasteiger partial charge in [-0.25, -0.2) is 8.78 Å². The fourth-order valence-corrected chi connectivity index (χ4v) is 1.01. The number of halogens is 3. The maximum absolute atomic E-state index is 13.1. The summed E-state index contributed by atoms with van der Waals surface area (Å²) in [7, 11) is 0.